The molecule has 1 heterocycles. The third kappa shape index (κ3) is 4.89. The quantitative estimate of drug-likeness (QED) is 0.731. The molecule has 0 spiro atoms. The van der Waals surface area contributed by atoms with Gasteiger partial charge in [-0.15, -0.1) is 11.8 Å². The van der Waals surface area contributed by atoms with Crippen LogP contribution in [0.4, 0.5) is 0 Å². The maximum atomic E-state index is 6.33. The fourth-order valence-electron chi connectivity index (χ4n) is 1.82. The smallest absolute Gasteiger partial charge is 0.113 e. The fourth-order valence-corrected chi connectivity index (χ4v) is 3.01. The highest BCUT2D eigenvalue weighted by Crippen LogP contribution is 2.30. The monoisotopic (exact) mass is 309 g/mol. The topological polar surface area (TPSA) is 25.2 Å². The molecule has 0 saturated carbocycles. The lowest BCUT2D eigenvalue weighted by atomic mass is 10.2. The molecule has 2 aromatic rings. The number of benzene rings is 1. The van der Waals surface area contributed by atoms with Crippen LogP contribution in [0.3, 0.4) is 0 Å². The van der Waals surface area contributed by atoms with E-state index in [1.165, 1.54) is 5.56 Å². The molecule has 20 heavy (non-hydrogen) atoms. The van der Waals surface area contributed by atoms with Gasteiger partial charge in [-0.3, -0.25) is 0 Å². The van der Waals surface area contributed by atoms with Gasteiger partial charge in [-0.2, -0.15) is 0 Å². The summed E-state index contributed by atoms with van der Waals surface area (Å²) in [4.78, 5) is 1.09. The van der Waals surface area contributed by atoms with Gasteiger partial charge in [0.15, 0.2) is 0 Å². The number of rotatable bonds is 7. The predicted octanol–water partition coefficient (Wildman–Crippen LogP) is 4.97. The Hall–Kier alpha value is -0.900. The van der Waals surface area contributed by atoms with Crippen molar-refractivity contribution in [1.29, 1.82) is 0 Å². The minimum absolute atomic E-state index is 0.661. The summed E-state index contributed by atoms with van der Waals surface area (Å²) in [6.07, 6.45) is 1.70. The van der Waals surface area contributed by atoms with Gasteiger partial charge in [-0.25, -0.2) is 0 Å². The Labute approximate surface area is 129 Å². The Morgan fingerprint density at radius 1 is 1.30 bits per heavy atom. The number of furan rings is 1. The van der Waals surface area contributed by atoms with Gasteiger partial charge in [0.1, 0.15) is 5.76 Å². The van der Waals surface area contributed by atoms with E-state index < -0.39 is 0 Å². The molecule has 0 fully saturated rings. The van der Waals surface area contributed by atoms with Crippen LogP contribution in [0.15, 0.2) is 45.9 Å². The Morgan fingerprint density at radius 3 is 2.80 bits per heavy atom. The number of thioether (sulfide) groups is 1. The van der Waals surface area contributed by atoms with Crippen LogP contribution in [0.1, 0.15) is 25.2 Å². The first-order valence-corrected chi connectivity index (χ1v) is 8.16. The molecule has 1 N–H and O–H groups in total. The first-order valence-electron chi connectivity index (χ1n) is 6.79. The summed E-state index contributed by atoms with van der Waals surface area (Å²) in [5.41, 5.74) is 1.22. The van der Waals surface area contributed by atoms with E-state index in [2.05, 4.69) is 31.3 Å². The van der Waals surface area contributed by atoms with Crippen LogP contribution in [0.25, 0.3) is 0 Å². The molecule has 108 valence electrons. The summed E-state index contributed by atoms with van der Waals surface area (Å²) < 4.78 is 5.32. The predicted molar refractivity (Wildman–Crippen MR) is 86.3 cm³/mol. The fraction of sp³-hybridized carbons (Fsp3) is 0.375. The van der Waals surface area contributed by atoms with Crippen LogP contribution in [0.2, 0.25) is 5.02 Å². The van der Waals surface area contributed by atoms with Gasteiger partial charge in [0.25, 0.3) is 0 Å². The molecule has 1 aromatic carbocycles. The standard InChI is InChI=1S/C16H20ClNOS/c1-12(2)9-18-10-13-5-6-16(15(17)8-13)20-11-14-4-3-7-19-14/h3-8,12,18H,9-11H2,1-2H3. The zero-order chi connectivity index (χ0) is 14.4. The van der Waals surface area contributed by atoms with Crippen molar-refractivity contribution in [3.8, 4) is 0 Å². The van der Waals surface area contributed by atoms with Crippen molar-refractivity contribution in [1.82, 2.24) is 5.32 Å². The zero-order valence-corrected chi connectivity index (χ0v) is 13.4. The summed E-state index contributed by atoms with van der Waals surface area (Å²) in [6.45, 7) is 6.29. The van der Waals surface area contributed by atoms with Crippen LogP contribution < -0.4 is 5.32 Å². The summed E-state index contributed by atoms with van der Waals surface area (Å²) in [5.74, 6) is 2.43. The average Bonchev–Trinajstić information content (AvgIpc) is 2.90. The molecular weight excluding hydrogens is 290 g/mol. The molecule has 0 bridgehead atoms. The highest BCUT2D eigenvalue weighted by Gasteiger charge is 2.05. The summed E-state index contributed by atoms with van der Waals surface area (Å²) in [5, 5.41) is 4.23. The molecule has 2 rings (SSSR count). The Bertz CT molecular complexity index is 525. The molecule has 2 nitrogen and oxygen atoms in total. The van der Waals surface area contributed by atoms with Crippen molar-refractivity contribution in [3.63, 3.8) is 0 Å². The maximum Gasteiger partial charge on any atom is 0.113 e. The number of hydrogen-bond donors (Lipinski definition) is 1. The van der Waals surface area contributed by atoms with Gasteiger partial charge < -0.3 is 9.73 Å². The molecular formula is C16H20ClNOS. The van der Waals surface area contributed by atoms with Gasteiger partial charge >= 0.3 is 0 Å². The molecule has 0 radical (unpaired) electrons. The van der Waals surface area contributed by atoms with E-state index in [-0.39, 0.29) is 0 Å². The van der Waals surface area contributed by atoms with Crippen molar-refractivity contribution >= 4 is 23.4 Å². The Morgan fingerprint density at radius 2 is 2.15 bits per heavy atom. The van der Waals surface area contributed by atoms with E-state index in [1.807, 2.05) is 18.2 Å². The molecule has 0 aliphatic heterocycles. The van der Waals surface area contributed by atoms with E-state index in [0.29, 0.717) is 5.92 Å². The van der Waals surface area contributed by atoms with E-state index in [1.54, 1.807) is 18.0 Å². The number of nitrogens with one attached hydrogen (secondary N) is 1. The summed E-state index contributed by atoms with van der Waals surface area (Å²) in [6, 6.07) is 10.1. The van der Waals surface area contributed by atoms with Crippen LogP contribution in [0.5, 0.6) is 0 Å². The van der Waals surface area contributed by atoms with E-state index >= 15 is 0 Å². The minimum atomic E-state index is 0.661. The second-order valence-corrected chi connectivity index (χ2v) is 6.58. The first kappa shape index (κ1) is 15.5. The van der Waals surface area contributed by atoms with Crippen LogP contribution in [-0.4, -0.2) is 6.54 Å². The third-order valence-corrected chi connectivity index (χ3v) is 4.35. The highest BCUT2D eigenvalue weighted by molar-refractivity contribution is 7.98. The Kier molecular flexibility index (Phi) is 6.02. The molecule has 0 atom stereocenters. The molecule has 0 aliphatic carbocycles. The average molecular weight is 310 g/mol. The Balaban J connectivity index is 1.88. The van der Waals surface area contributed by atoms with Crippen LogP contribution in [0, 0.1) is 5.92 Å². The molecule has 0 unspecified atom stereocenters. The maximum absolute atomic E-state index is 6.33. The molecule has 4 heteroatoms. The number of halogens is 1. The van der Waals surface area contributed by atoms with Gasteiger partial charge in [-0.05, 0) is 42.3 Å². The van der Waals surface area contributed by atoms with Gasteiger partial charge in [0.2, 0.25) is 0 Å². The molecule has 0 amide bonds. The highest BCUT2D eigenvalue weighted by atomic mass is 35.5. The van der Waals surface area contributed by atoms with Crippen LogP contribution in [-0.2, 0) is 12.3 Å². The van der Waals surface area contributed by atoms with Gasteiger partial charge in [0, 0.05) is 11.4 Å². The van der Waals surface area contributed by atoms with E-state index in [4.69, 9.17) is 16.0 Å². The van der Waals surface area contributed by atoms with Gasteiger partial charge in [-0.1, -0.05) is 31.5 Å². The van der Waals surface area contributed by atoms with Crippen molar-refractivity contribution in [2.45, 2.75) is 31.0 Å². The van der Waals surface area contributed by atoms with Crippen molar-refractivity contribution < 1.29 is 4.42 Å². The molecule has 1 aromatic heterocycles. The van der Waals surface area contributed by atoms with Gasteiger partial charge in [0.05, 0.1) is 17.0 Å². The zero-order valence-electron chi connectivity index (χ0n) is 11.9. The summed E-state index contributed by atoms with van der Waals surface area (Å²) in [7, 11) is 0. The third-order valence-electron chi connectivity index (χ3n) is 2.83. The lowest BCUT2D eigenvalue weighted by Crippen LogP contribution is -2.18. The first-order chi connectivity index (χ1) is 9.65. The van der Waals surface area contributed by atoms with Crippen molar-refractivity contribution in [2.75, 3.05) is 6.54 Å². The molecule has 0 saturated heterocycles. The van der Waals surface area contributed by atoms with Crippen molar-refractivity contribution in [3.05, 3.63) is 52.9 Å². The van der Waals surface area contributed by atoms with Crippen molar-refractivity contribution in [2.24, 2.45) is 5.92 Å². The summed E-state index contributed by atoms with van der Waals surface area (Å²) >= 11 is 8.03. The lowest BCUT2D eigenvalue weighted by molar-refractivity contribution is 0.530. The SMILES string of the molecule is CC(C)CNCc1ccc(SCc2ccco2)c(Cl)c1. The number of hydrogen-bond acceptors (Lipinski definition) is 3. The van der Waals surface area contributed by atoms with Crippen LogP contribution >= 0.6 is 23.4 Å². The normalized spacial score (nSPS) is 11.2. The second kappa shape index (κ2) is 7.77. The van der Waals surface area contributed by atoms with E-state index in [0.717, 1.165) is 34.5 Å². The second-order valence-electron chi connectivity index (χ2n) is 5.16. The van der Waals surface area contributed by atoms with E-state index in [9.17, 15) is 0 Å². The molecule has 0 aliphatic rings. The largest absolute Gasteiger partial charge is 0.468 e. The lowest BCUT2D eigenvalue weighted by Gasteiger charge is -2.09. The minimum Gasteiger partial charge on any atom is -0.468 e.